The fraction of sp³-hybridized carbons (Fsp3) is 0.111. The molecule has 0 fully saturated rings. The van der Waals surface area contributed by atoms with E-state index in [0.717, 1.165) is 11.5 Å². The van der Waals surface area contributed by atoms with Gasteiger partial charge in [0.1, 0.15) is 10.0 Å². The lowest BCUT2D eigenvalue weighted by Crippen LogP contribution is -1.91. The summed E-state index contributed by atoms with van der Waals surface area (Å²) >= 11 is 8.29. The number of nitro benzene ring substituents is 1. The second kappa shape index (κ2) is 5.44. The summed E-state index contributed by atoms with van der Waals surface area (Å²) in [7, 11) is 0. The third kappa shape index (κ3) is 2.93. The predicted molar refractivity (Wildman–Crippen MR) is 67.6 cm³/mol. The van der Waals surface area contributed by atoms with E-state index in [0.29, 0.717) is 20.7 Å². The molecule has 17 heavy (non-hydrogen) atoms. The van der Waals surface area contributed by atoms with Crippen LogP contribution >= 0.6 is 34.9 Å². The number of hydrogen-bond donors (Lipinski definition) is 0. The molecule has 1 heterocycles. The number of para-hydroxylation sites is 1. The van der Waals surface area contributed by atoms with Crippen LogP contribution < -0.4 is 0 Å². The van der Waals surface area contributed by atoms with E-state index in [1.807, 2.05) is 0 Å². The first kappa shape index (κ1) is 12.3. The van der Waals surface area contributed by atoms with Crippen LogP contribution in [0.1, 0.15) is 5.69 Å². The highest BCUT2D eigenvalue weighted by molar-refractivity contribution is 7.98. The summed E-state index contributed by atoms with van der Waals surface area (Å²) in [4.78, 5) is 11.0. The summed E-state index contributed by atoms with van der Waals surface area (Å²) in [5.74, 6) is 0.472. The third-order valence-corrected chi connectivity index (χ3v) is 3.99. The number of halogens is 1. The molecule has 0 aliphatic carbocycles. The van der Waals surface area contributed by atoms with Gasteiger partial charge in [-0.1, -0.05) is 28.2 Å². The maximum atomic E-state index is 10.8. The minimum Gasteiger partial charge on any atom is -0.258 e. The highest BCUT2D eigenvalue weighted by Gasteiger charge is 2.14. The van der Waals surface area contributed by atoms with E-state index >= 15 is 0 Å². The lowest BCUT2D eigenvalue weighted by atomic mass is 10.3. The SMILES string of the molecule is O=[N+]([O-])c1ccccc1SCc1nnsc1Cl. The van der Waals surface area contributed by atoms with E-state index in [-0.39, 0.29) is 5.69 Å². The maximum absolute atomic E-state index is 10.8. The van der Waals surface area contributed by atoms with E-state index in [1.165, 1.54) is 17.8 Å². The summed E-state index contributed by atoms with van der Waals surface area (Å²) in [6.45, 7) is 0. The largest absolute Gasteiger partial charge is 0.282 e. The van der Waals surface area contributed by atoms with Gasteiger partial charge in [-0.15, -0.1) is 16.9 Å². The Hall–Kier alpha value is -1.18. The van der Waals surface area contributed by atoms with Crippen molar-refractivity contribution in [2.45, 2.75) is 10.6 Å². The fourth-order valence-corrected chi connectivity index (χ4v) is 2.92. The number of thioether (sulfide) groups is 1. The molecule has 0 aliphatic rings. The smallest absolute Gasteiger partial charge is 0.258 e. The highest BCUT2D eigenvalue weighted by Crippen LogP contribution is 2.32. The van der Waals surface area contributed by atoms with Crippen molar-refractivity contribution in [3.63, 3.8) is 0 Å². The number of aromatic nitrogens is 2. The van der Waals surface area contributed by atoms with Crippen molar-refractivity contribution in [3.05, 3.63) is 44.4 Å². The van der Waals surface area contributed by atoms with Gasteiger partial charge >= 0.3 is 0 Å². The molecule has 0 amide bonds. The lowest BCUT2D eigenvalue weighted by molar-refractivity contribution is -0.387. The van der Waals surface area contributed by atoms with Crippen LogP contribution in [0.2, 0.25) is 4.34 Å². The molecule has 1 aromatic heterocycles. The molecule has 0 saturated heterocycles. The first-order valence-electron chi connectivity index (χ1n) is 4.51. The highest BCUT2D eigenvalue weighted by atomic mass is 35.5. The van der Waals surface area contributed by atoms with Crippen molar-refractivity contribution >= 4 is 40.6 Å². The molecule has 0 saturated carbocycles. The molecule has 0 spiro atoms. The molecule has 0 bridgehead atoms. The van der Waals surface area contributed by atoms with Gasteiger partial charge in [-0.05, 0) is 6.07 Å². The molecular formula is C9H6ClN3O2S2. The Morgan fingerprint density at radius 3 is 2.88 bits per heavy atom. The van der Waals surface area contributed by atoms with E-state index in [2.05, 4.69) is 9.59 Å². The van der Waals surface area contributed by atoms with Crippen LogP contribution in [0, 0.1) is 10.1 Å². The monoisotopic (exact) mass is 287 g/mol. The second-order valence-electron chi connectivity index (χ2n) is 3.01. The summed E-state index contributed by atoms with van der Waals surface area (Å²) in [5.41, 5.74) is 0.747. The van der Waals surface area contributed by atoms with Crippen molar-refractivity contribution < 1.29 is 4.92 Å². The van der Waals surface area contributed by atoms with Crippen LogP contribution in [0.5, 0.6) is 0 Å². The predicted octanol–water partition coefficient (Wildman–Crippen LogP) is 3.39. The summed E-state index contributed by atoms with van der Waals surface area (Å²) in [5, 5.41) is 14.6. The Morgan fingerprint density at radius 1 is 1.47 bits per heavy atom. The molecule has 0 aliphatic heterocycles. The first-order valence-corrected chi connectivity index (χ1v) is 6.65. The summed E-state index contributed by atoms with van der Waals surface area (Å²) < 4.78 is 4.23. The van der Waals surface area contributed by atoms with Gasteiger partial charge in [-0.3, -0.25) is 10.1 Å². The van der Waals surface area contributed by atoms with Gasteiger partial charge < -0.3 is 0 Å². The molecule has 5 nitrogen and oxygen atoms in total. The molecule has 2 aromatic rings. The van der Waals surface area contributed by atoms with E-state index < -0.39 is 4.92 Å². The normalized spacial score (nSPS) is 10.4. The van der Waals surface area contributed by atoms with E-state index in [4.69, 9.17) is 11.6 Å². The van der Waals surface area contributed by atoms with Crippen LogP contribution in [-0.4, -0.2) is 14.5 Å². The molecule has 0 atom stereocenters. The molecular weight excluding hydrogens is 282 g/mol. The Kier molecular flexibility index (Phi) is 3.93. The maximum Gasteiger partial charge on any atom is 0.282 e. The summed E-state index contributed by atoms with van der Waals surface area (Å²) in [6, 6.07) is 6.58. The standard InChI is InChI=1S/C9H6ClN3O2S2/c10-9-6(11-12-17-9)5-16-8-4-2-1-3-7(8)13(14)15/h1-4H,5H2. The number of rotatable bonds is 4. The van der Waals surface area contributed by atoms with E-state index in [9.17, 15) is 10.1 Å². The topological polar surface area (TPSA) is 68.9 Å². The third-order valence-electron chi connectivity index (χ3n) is 1.94. The van der Waals surface area contributed by atoms with Crippen LogP contribution in [0.4, 0.5) is 5.69 Å². The number of hydrogen-bond acceptors (Lipinski definition) is 6. The molecule has 0 N–H and O–H groups in total. The molecule has 0 radical (unpaired) electrons. The van der Waals surface area contributed by atoms with Gasteiger partial charge in [-0.25, -0.2) is 0 Å². The van der Waals surface area contributed by atoms with Crippen molar-refractivity contribution in [2.24, 2.45) is 0 Å². The molecule has 8 heteroatoms. The zero-order valence-electron chi connectivity index (χ0n) is 8.37. The zero-order valence-corrected chi connectivity index (χ0v) is 10.8. The van der Waals surface area contributed by atoms with Gasteiger partial charge in [0, 0.05) is 23.4 Å². The minimum atomic E-state index is -0.400. The van der Waals surface area contributed by atoms with Crippen LogP contribution in [-0.2, 0) is 5.75 Å². The molecule has 0 unspecified atom stereocenters. The summed E-state index contributed by atoms with van der Waals surface area (Å²) in [6.07, 6.45) is 0. The van der Waals surface area contributed by atoms with Gasteiger partial charge in [0.15, 0.2) is 0 Å². The van der Waals surface area contributed by atoms with Crippen molar-refractivity contribution in [3.8, 4) is 0 Å². The van der Waals surface area contributed by atoms with Gasteiger partial charge in [0.2, 0.25) is 0 Å². The first-order chi connectivity index (χ1) is 8.18. The number of benzene rings is 1. The Bertz CT molecular complexity index is 547. The quantitative estimate of drug-likeness (QED) is 0.490. The number of nitro groups is 1. The zero-order chi connectivity index (χ0) is 12.3. The van der Waals surface area contributed by atoms with Crippen LogP contribution in [0.25, 0.3) is 0 Å². The number of nitrogens with zero attached hydrogens (tertiary/aromatic N) is 3. The van der Waals surface area contributed by atoms with E-state index in [1.54, 1.807) is 18.2 Å². The van der Waals surface area contributed by atoms with Gasteiger partial charge in [0.05, 0.1) is 9.82 Å². The Morgan fingerprint density at radius 2 is 2.24 bits per heavy atom. The molecule has 88 valence electrons. The second-order valence-corrected chi connectivity index (χ2v) is 5.38. The van der Waals surface area contributed by atoms with Crippen molar-refractivity contribution in [1.29, 1.82) is 0 Å². The lowest BCUT2D eigenvalue weighted by Gasteiger charge is -2.00. The van der Waals surface area contributed by atoms with Crippen molar-refractivity contribution in [1.82, 2.24) is 9.59 Å². The average Bonchev–Trinajstić information content (AvgIpc) is 2.72. The molecule has 1 aromatic carbocycles. The average molecular weight is 288 g/mol. The van der Waals surface area contributed by atoms with Crippen LogP contribution in [0.3, 0.4) is 0 Å². The Labute approximate surface area is 110 Å². The minimum absolute atomic E-state index is 0.0943. The Balaban J connectivity index is 2.14. The van der Waals surface area contributed by atoms with Gasteiger partial charge in [-0.2, -0.15) is 0 Å². The van der Waals surface area contributed by atoms with Gasteiger partial charge in [0.25, 0.3) is 5.69 Å². The van der Waals surface area contributed by atoms with Crippen molar-refractivity contribution in [2.75, 3.05) is 0 Å². The van der Waals surface area contributed by atoms with Crippen LogP contribution in [0.15, 0.2) is 29.2 Å². The molecule has 2 rings (SSSR count). The fourth-order valence-electron chi connectivity index (χ4n) is 1.16.